The van der Waals surface area contributed by atoms with Crippen molar-refractivity contribution in [1.82, 2.24) is 0 Å². The van der Waals surface area contributed by atoms with Crippen LogP contribution in [0.1, 0.15) is 77.0 Å². The largest absolute Gasteiger partial charge is 0.469 e. The zero-order valence-corrected chi connectivity index (χ0v) is 18.5. The molecule has 5 nitrogen and oxygen atoms in total. The number of esters is 1. The molecule has 4 aliphatic rings. The van der Waals surface area contributed by atoms with Gasteiger partial charge in [0.15, 0.2) is 0 Å². The molecule has 30 heavy (non-hydrogen) atoms. The fraction of sp³-hybridized carbons (Fsp3) is 0.880. The van der Waals surface area contributed by atoms with Gasteiger partial charge in [-0.05, 0) is 55.8 Å². The monoisotopic (exact) mass is 420 g/mol. The van der Waals surface area contributed by atoms with Crippen molar-refractivity contribution in [2.24, 2.45) is 29.6 Å². The van der Waals surface area contributed by atoms with E-state index in [1.807, 2.05) is 6.08 Å². The summed E-state index contributed by atoms with van der Waals surface area (Å²) in [5.74, 6) is 1.50. The first-order valence-electron chi connectivity index (χ1n) is 12.3. The van der Waals surface area contributed by atoms with Crippen LogP contribution >= 0.6 is 0 Å². The van der Waals surface area contributed by atoms with Crippen molar-refractivity contribution in [2.75, 3.05) is 7.11 Å². The molecule has 0 bridgehead atoms. The summed E-state index contributed by atoms with van der Waals surface area (Å²) in [6.07, 6.45) is 16.3. The highest BCUT2D eigenvalue weighted by Gasteiger charge is 2.56. The summed E-state index contributed by atoms with van der Waals surface area (Å²) in [4.78, 5) is 11.6. The molecule has 1 aliphatic heterocycles. The quantitative estimate of drug-likeness (QED) is 0.386. The highest BCUT2D eigenvalue weighted by Crippen LogP contribution is 2.53. The van der Waals surface area contributed by atoms with Crippen LogP contribution in [0.15, 0.2) is 12.2 Å². The van der Waals surface area contributed by atoms with Gasteiger partial charge in [0.25, 0.3) is 0 Å². The van der Waals surface area contributed by atoms with Gasteiger partial charge >= 0.3 is 5.97 Å². The van der Waals surface area contributed by atoms with Crippen molar-refractivity contribution < 1.29 is 24.5 Å². The molecule has 3 saturated carbocycles. The van der Waals surface area contributed by atoms with Crippen LogP contribution in [0.5, 0.6) is 0 Å². The number of carbonyl (C=O) groups excluding carboxylic acids is 1. The molecule has 0 radical (unpaired) electrons. The molecule has 0 aromatic rings. The van der Waals surface area contributed by atoms with Gasteiger partial charge in [-0.15, -0.1) is 0 Å². The SMILES string of the molecule is COC(=O)CCC1CCC[C@H]2C1O[C@H]1C[C@@H](O)C(/C=C/[C@@H](O)C3CCCCCC3)C21. The van der Waals surface area contributed by atoms with Gasteiger partial charge in [-0.3, -0.25) is 4.79 Å². The molecule has 0 aromatic heterocycles. The maximum atomic E-state index is 11.6. The Kier molecular flexibility index (Phi) is 7.53. The minimum absolute atomic E-state index is 0.0739. The topological polar surface area (TPSA) is 76.0 Å². The average molecular weight is 421 g/mol. The predicted molar refractivity (Wildman–Crippen MR) is 115 cm³/mol. The van der Waals surface area contributed by atoms with E-state index in [0.717, 1.165) is 38.5 Å². The number of rotatable bonds is 6. The summed E-state index contributed by atoms with van der Waals surface area (Å²) in [5.41, 5.74) is 0. The molecular weight excluding hydrogens is 380 g/mol. The maximum absolute atomic E-state index is 11.6. The van der Waals surface area contributed by atoms with Crippen molar-refractivity contribution in [2.45, 2.75) is 101 Å². The Labute approximate surface area is 181 Å². The number of hydrogen-bond donors (Lipinski definition) is 2. The first-order valence-corrected chi connectivity index (χ1v) is 12.3. The van der Waals surface area contributed by atoms with Crippen LogP contribution in [-0.2, 0) is 14.3 Å². The molecule has 4 unspecified atom stereocenters. The summed E-state index contributed by atoms with van der Waals surface area (Å²) < 4.78 is 11.3. The Bertz CT molecular complexity index is 596. The molecule has 1 heterocycles. The average Bonchev–Trinajstić information content (AvgIpc) is 3.10. The molecule has 8 atom stereocenters. The van der Waals surface area contributed by atoms with Crippen molar-refractivity contribution in [1.29, 1.82) is 0 Å². The van der Waals surface area contributed by atoms with Gasteiger partial charge < -0.3 is 19.7 Å². The lowest BCUT2D eigenvalue weighted by Crippen LogP contribution is -2.36. The van der Waals surface area contributed by atoms with Gasteiger partial charge in [0.05, 0.1) is 31.5 Å². The second-order valence-electron chi connectivity index (χ2n) is 10.2. The van der Waals surface area contributed by atoms with Gasteiger partial charge in [0, 0.05) is 18.8 Å². The normalized spacial score (nSPS) is 40.7. The Hall–Kier alpha value is -0.910. The van der Waals surface area contributed by atoms with E-state index >= 15 is 0 Å². The van der Waals surface area contributed by atoms with E-state index in [1.54, 1.807) is 0 Å². The van der Waals surface area contributed by atoms with Gasteiger partial charge in [-0.25, -0.2) is 0 Å². The number of aliphatic hydroxyl groups is 2. The molecular formula is C25H40O5. The van der Waals surface area contributed by atoms with Crippen LogP contribution in [0, 0.1) is 29.6 Å². The van der Waals surface area contributed by atoms with Crippen LogP contribution in [0.2, 0.25) is 0 Å². The number of ether oxygens (including phenoxy) is 2. The Balaban J connectivity index is 1.40. The molecule has 170 valence electrons. The molecule has 1 saturated heterocycles. The van der Waals surface area contributed by atoms with E-state index in [1.165, 1.54) is 32.8 Å². The lowest BCUT2D eigenvalue weighted by Gasteiger charge is -2.36. The Morgan fingerprint density at radius 1 is 1.13 bits per heavy atom. The third kappa shape index (κ3) is 4.78. The third-order valence-electron chi connectivity index (χ3n) is 8.48. The van der Waals surface area contributed by atoms with Crippen LogP contribution < -0.4 is 0 Å². The van der Waals surface area contributed by atoms with Crippen LogP contribution in [0.3, 0.4) is 0 Å². The molecule has 4 rings (SSSR count). The highest BCUT2D eigenvalue weighted by molar-refractivity contribution is 5.69. The Morgan fingerprint density at radius 3 is 2.63 bits per heavy atom. The summed E-state index contributed by atoms with van der Waals surface area (Å²) >= 11 is 0. The summed E-state index contributed by atoms with van der Waals surface area (Å²) in [6.45, 7) is 0. The lowest BCUT2D eigenvalue weighted by atomic mass is 9.70. The van der Waals surface area contributed by atoms with E-state index in [4.69, 9.17) is 9.47 Å². The van der Waals surface area contributed by atoms with E-state index in [-0.39, 0.29) is 30.2 Å². The smallest absolute Gasteiger partial charge is 0.305 e. The van der Waals surface area contributed by atoms with E-state index in [2.05, 4.69) is 6.08 Å². The fourth-order valence-corrected chi connectivity index (χ4v) is 6.91. The van der Waals surface area contributed by atoms with Gasteiger partial charge in [-0.2, -0.15) is 0 Å². The predicted octanol–water partition coefficient (Wildman–Crippen LogP) is 4.01. The number of methoxy groups -OCH3 is 1. The van der Waals surface area contributed by atoms with Crippen LogP contribution in [0.4, 0.5) is 0 Å². The van der Waals surface area contributed by atoms with Crippen LogP contribution in [0.25, 0.3) is 0 Å². The minimum Gasteiger partial charge on any atom is -0.469 e. The molecule has 0 aromatic carbocycles. The van der Waals surface area contributed by atoms with Gasteiger partial charge in [0.1, 0.15) is 0 Å². The maximum Gasteiger partial charge on any atom is 0.305 e. The Morgan fingerprint density at radius 2 is 1.90 bits per heavy atom. The number of aliphatic hydroxyl groups excluding tert-OH is 2. The standard InChI is InChI=1S/C25H40O5/c1-29-23(28)14-11-17-9-6-10-19-24-18(21(27)15-22(24)30-25(17)19)12-13-20(26)16-7-4-2-3-5-8-16/h12-13,16-22,24-27H,2-11,14-15H2,1H3/b13-12+/t17?,18?,19-,20-,21-,22+,24?,25?/m1/s1. The first kappa shape index (κ1) is 22.3. The number of carbonyl (C=O) groups is 1. The van der Waals surface area contributed by atoms with Crippen molar-refractivity contribution in [3.8, 4) is 0 Å². The molecule has 0 amide bonds. The van der Waals surface area contributed by atoms with Gasteiger partial charge in [0.2, 0.25) is 0 Å². The second kappa shape index (κ2) is 10.1. The molecule has 2 N–H and O–H groups in total. The zero-order valence-electron chi connectivity index (χ0n) is 18.5. The summed E-state index contributed by atoms with van der Waals surface area (Å²) in [5, 5.41) is 21.5. The minimum atomic E-state index is -0.397. The van der Waals surface area contributed by atoms with Crippen molar-refractivity contribution in [3.63, 3.8) is 0 Å². The van der Waals surface area contributed by atoms with Crippen molar-refractivity contribution >= 4 is 5.97 Å². The summed E-state index contributed by atoms with van der Waals surface area (Å²) in [6, 6.07) is 0. The third-order valence-corrected chi connectivity index (χ3v) is 8.48. The van der Waals surface area contributed by atoms with Crippen molar-refractivity contribution in [3.05, 3.63) is 12.2 Å². The zero-order chi connectivity index (χ0) is 21.1. The molecule has 4 fully saturated rings. The second-order valence-corrected chi connectivity index (χ2v) is 10.2. The molecule has 0 spiro atoms. The molecule has 5 heteroatoms. The fourth-order valence-electron chi connectivity index (χ4n) is 6.91. The number of hydrogen-bond acceptors (Lipinski definition) is 5. The van der Waals surface area contributed by atoms with E-state index in [0.29, 0.717) is 36.5 Å². The van der Waals surface area contributed by atoms with Crippen LogP contribution in [-0.4, -0.2) is 47.7 Å². The first-order chi connectivity index (χ1) is 14.6. The van der Waals surface area contributed by atoms with Gasteiger partial charge in [-0.1, -0.05) is 44.3 Å². The number of fused-ring (bicyclic) bond motifs is 3. The summed E-state index contributed by atoms with van der Waals surface area (Å²) in [7, 11) is 1.45. The van der Waals surface area contributed by atoms with E-state index < -0.39 is 6.10 Å². The molecule has 3 aliphatic carbocycles. The highest BCUT2D eigenvalue weighted by atomic mass is 16.5. The lowest BCUT2D eigenvalue weighted by molar-refractivity contribution is -0.141. The van der Waals surface area contributed by atoms with E-state index in [9.17, 15) is 15.0 Å².